The zero-order valence-corrected chi connectivity index (χ0v) is 13.8. The first-order chi connectivity index (χ1) is 9.55. The molecule has 0 aromatic rings. The number of hydrogen-bond donors (Lipinski definition) is 1. The number of likely N-dealkylation sites (N-methyl/N-ethyl adjacent to an activating group) is 1. The normalized spacial score (nSPS) is 26.9. The van der Waals surface area contributed by atoms with Crippen LogP contribution in [0.2, 0.25) is 0 Å². The van der Waals surface area contributed by atoms with Crippen molar-refractivity contribution >= 4 is 0 Å². The van der Waals surface area contributed by atoms with Crippen molar-refractivity contribution in [3.8, 4) is 0 Å². The third-order valence-corrected chi connectivity index (χ3v) is 5.18. The Morgan fingerprint density at radius 3 is 2.30 bits per heavy atom. The number of nitrogens with zero attached hydrogens (tertiary/aromatic N) is 3. The first kappa shape index (κ1) is 16.2. The second kappa shape index (κ2) is 7.21. The Labute approximate surface area is 125 Å². The predicted octanol–water partition coefficient (Wildman–Crippen LogP) is 1.07. The van der Waals surface area contributed by atoms with Crippen molar-refractivity contribution < 1.29 is 0 Å². The van der Waals surface area contributed by atoms with Gasteiger partial charge in [-0.25, -0.2) is 0 Å². The Morgan fingerprint density at radius 1 is 1.00 bits per heavy atom. The lowest BCUT2D eigenvalue weighted by molar-refractivity contribution is 0.0264. The molecule has 4 heteroatoms. The monoisotopic (exact) mass is 282 g/mol. The van der Waals surface area contributed by atoms with E-state index in [1.54, 1.807) is 0 Å². The minimum atomic E-state index is 0.276. The number of rotatable bonds is 4. The van der Waals surface area contributed by atoms with Crippen LogP contribution in [-0.4, -0.2) is 79.6 Å². The van der Waals surface area contributed by atoms with Crippen LogP contribution >= 0.6 is 0 Å². The predicted molar refractivity (Wildman–Crippen MR) is 86.0 cm³/mol. The van der Waals surface area contributed by atoms with Gasteiger partial charge in [0.05, 0.1) is 0 Å². The molecule has 2 saturated heterocycles. The van der Waals surface area contributed by atoms with Crippen LogP contribution in [0, 0.1) is 5.92 Å². The van der Waals surface area contributed by atoms with Gasteiger partial charge in [-0.3, -0.25) is 4.90 Å². The first-order valence-electron chi connectivity index (χ1n) is 8.42. The lowest BCUT2D eigenvalue weighted by Crippen LogP contribution is -2.60. The van der Waals surface area contributed by atoms with Crippen molar-refractivity contribution in [2.24, 2.45) is 11.7 Å². The van der Waals surface area contributed by atoms with Crippen LogP contribution in [0.1, 0.15) is 33.1 Å². The summed E-state index contributed by atoms with van der Waals surface area (Å²) in [6.07, 6.45) is 3.79. The Morgan fingerprint density at radius 2 is 1.70 bits per heavy atom. The summed E-state index contributed by atoms with van der Waals surface area (Å²) in [5, 5.41) is 0. The molecule has 0 aromatic heterocycles. The molecule has 2 fully saturated rings. The third-order valence-electron chi connectivity index (χ3n) is 5.18. The standard InChI is InChI=1S/C16H34N4/c1-15(2)13-19-9-5-16(14-17,6-10-19)20-8-4-7-18(3)11-12-20/h15H,4-14,17H2,1-3H3. The Balaban J connectivity index is 1.93. The fourth-order valence-electron chi connectivity index (χ4n) is 3.84. The molecule has 0 aliphatic carbocycles. The maximum Gasteiger partial charge on any atom is 0.0356 e. The van der Waals surface area contributed by atoms with Crippen molar-refractivity contribution in [1.29, 1.82) is 0 Å². The SMILES string of the molecule is CC(C)CN1CCC(CN)(N2CCCN(C)CC2)CC1. The van der Waals surface area contributed by atoms with E-state index in [2.05, 4.69) is 35.6 Å². The minimum absolute atomic E-state index is 0.276. The Kier molecular flexibility index (Phi) is 5.84. The van der Waals surface area contributed by atoms with E-state index in [9.17, 15) is 0 Å². The molecule has 0 spiro atoms. The average molecular weight is 282 g/mol. The fourth-order valence-corrected chi connectivity index (χ4v) is 3.84. The lowest BCUT2D eigenvalue weighted by Gasteiger charge is -2.48. The summed E-state index contributed by atoms with van der Waals surface area (Å²) in [7, 11) is 2.24. The van der Waals surface area contributed by atoms with E-state index < -0.39 is 0 Å². The molecule has 0 saturated carbocycles. The molecular formula is C16H34N4. The maximum atomic E-state index is 6.23. The van der Waals surface area contributed by atoms with Gasteiger partial charge in [0.2, 0.25) is 0 Å². The minimum Gasteiger partial charge on any atom is -0.329 e. The number of nitrogens with two attached hydrogens (primary N) is 1. The van der Waals surface area contributed by atoms with Crippen LogP contribution in [0.15, 0.2) is 0 Å². The Hall–Kier alpha value is -0.160. The Bertz CT molecular complexity index is 284. The molecule has 0 atom stereocenters. The van der Waals surface area contributed by atoms with Crippen molar-refractivity contribution in [1.82, 2.24) is 14.7 Å². The molecule has 2 aliphatic heterocycles. The third kappa shape index (κ3) is 3.94. The molecule has 4 nitrogen and oxygen atoms in total. The maximum absolute atomic E-state index is 6.23. The topological polar surface area (TPSA) is 35.7 Å². The van der Waals surface area contributed by atoms with Gasteiger partial charge in [-0.1, -0.05) is 13.8 Å². The summed E-state index contributed by atoms with van der Waals surface area (Å²) in [6.45, 7) is 14.0. The highest BCUT2D eigenvalue weighted by molar-refractivity contribution is 4.97. The average Bonchev–Trinajstić information content (AvgIpc) is 2.65. The molecule has 2 rings (SSSR count). The van der Waals surface area contributed by atoms with E-state index in [0.29, 0.717) is 0 Å². The van der Waals surface area contributed by atoms with Crippen LogP contribution in [0.3, 0.4) is 0 Å². The van der Waals surface area contributed by atoms with Crippen molar-refractivity contribution in [3.63, 3.8) is 0 Å². The number of piperidine rings is 1. The van der Waals surface area contributed by atoms with Gasteiger partial charge in [-0.15, -0.1) is 0 Å². The molecule has 20 heavy (non-hydrogen) atoms. The van der Waals surface area contributed by atoms with Gasteiger partial charge in [0.25, 0.3) is 0 Å². The van der Waals surface area contributed by atoms with Gasteiger partial charge in [0.15, 0.2) is 0 Å². The van der Waals surface area contributed by atoms with Crippen LogP contribution in [0.5, 0.6) is 0 Å². The van der Waals surface area contributed by atoms with Gasteiger partial charge in [0, 0.05) is 38.3 Å². The molecule has 0 radical (unpaired) electrons. The largest absolute Gasteiger partial charge is 0.329 e. The van der Waals surface area contributed by atoms with Crippen LogP contribution in [-0.2, 0) is 0 Å². The summed E-state index contributed by atoms with van der Waals surface area (Å²) in [6, 6.07) is 0. The molecular weight excluding hydrogens is 248 g/mol. The zero-order chi connectivity index (χ0) is 14.6. The quantitative estimate of drug-likeness (QED) is 0.837. The molecule has 118 valence electrons. The fraction of sp³-hybridized carbons (Fsp3) is 1.00. The molecule has 2 heterocycles. The van der Waals surface area contributed by atoms with E-state index in [-0.39, 0.29) is 5.54 Å². The van der Waals surface area contributed by atoms with Gasteiger partial charge < -0.3 is 15.5 Å². The van der Waals surface area contributed by atoms with Crippen molar-refractivity contribution in [2.45, 2.75) is 38.6 Å². The van der Waals surface area contributed by atoms with E-state index in [4.69, 9.17) is 5.73 Å². The summed E-state index contributed by atoms with van der Waals surface area (Å²) in [5.41, 5.74) is 6.50. The second-order valence-corrected chi connectivity index (χ2v) is 7.27. The smallest absolute Gasteiger partial charge is 0.0356 e. The van der Waals surface area contributed by atoms with E-state index in [0.717, 1.165) is 12.5 Å². The number of likely N-dealkylation sites (tertiary alicyclic amines) is 1. The highest BCUT2D eigenvalue weighted by Crippen LogP contribution is 2.29. The molecule has 0 amide bonds. The van der Waals surface area contributed by atoms with E-state index in [1.807, 2.05) is 0 Å². The zero-order valence-electron chi connectivity index (χ0n) is 13.8. The van der Waals surface area contributed by atoms with E-state index in [1.165, 1.54) is 65.1 Å². The van der Waals surface area contributed by atoms with Gasteiger partial charge in [0.1, 0.15) is 0 Å². The lowest BCUT2D eigenvalue weighted by atomic mass is 9.85. The molecule has 2 aliphatic rings. The van der Waals surface area contributed by atoms with Crippen molar-refractivity contribution in [3.05, 3.63) is 0 Å². The second-order valence-electron chi connectivity index (χ2n) is 7.27. The number of hydrogen-bond acceptors (Lipinski definition) is 4. The molecule has 0 aromatic carbocycles. The first-order valence-corrected chi connectivity index (χ1v) is 8.42. The van der Waals surface area contributed by atoms with Gasteiger partial charge in [-0.05, 0) is 51.9 Å². The van der Waals surface area contributed by atoms with Crippen LogP contribution < -0.4 is 5.73 Å². The molecule has 0 bridgehead atoms. The highest BCUT2D eigenvalue weighted by atomic mass is 15.3. The van der Waals surface area contributed by atoms with Gasteiger partial charge >= 0.3 is 0 Å². The molecule has 2 N–H and O–H groups in total. The van der Waals surface area contributed by atoms with Gasteiger partial charge in [-0.2, -0.15) is 0 Å². The summed E-state index contributed by atoms with van der Waals surface area (Å²) >= 11 is 0. The van der Waals surface area contributed by atoms with Crippen LogP contribution in [0.25, 0.3) is 0 Å². The summed E-state index contributed by atoms with van der Waals surface area (Å²) in [5.74, 6) is 0.771. The van der Waals surface area contributed by atoms with E-state index >= 15 is 0 Å². The molecule has 0 unspecified atom stereocenters. The van der Waals surface area contributed by atoms with Crippen LogP contribution in [0.4, 0.5) is 0 Å². The summed E-state index contributed by atoms with van der Waals surface area (Å²) < 4.78 is 0. The van der Waals surface area contributed by atoms with Crippen molar-refractivity contribution in [2.75, 3.05) is 59.4 Å². The summed E-state index contributed by atoms with van der Waals surface area (Å²) in [4.78, 5) is 7.80. The highest BCUT2D eigenvalue weighted by Gasteiger charge is 2.38.